The minimum absolute atomic E-state index is 0.209. The number of fused-ring (bicyclic) bond motifs is 1. The van der Waals surface area contributed by atoms with E-state index in [1.807, 2.05) is 50.2 Å². The Balaban J connectivity index is 1.54. The number of nitrogens with zero attached hydrogens (tertiary/aromatic N) is 1. The number of unbranched alkanes of at least 4 members (excludes halogenated alkanes) is 1. The third-order valence-corrected chi connectivity index (χ3v) is 6.34. The van der Waals surface area contributed by atoms with Crippen molar-refractivity contribution in [2.45, 2.75) is 33.3 Å². The number of thioether (sulfide) groups is 1. The zero-order valence-electron chi connectivity index (χ0n) is 18.9. The van der Waals surface area contributed by atoms with Crippen LogP contribution in [0, 0.1) is 0 Å². The Morgan fingerprint density at radius 2 is 1.76 bits per heavy atom. The van der Waals surface area contributed by atoms with Crippen molar-refractivity contribution in [3.8, 4) is 11.5 Å². The second kappa shape index (κ2) is 10.6. The van der Waals surface area contributed by atoms with Gasteiger partial charge in [0.25, 0.3) is 11.1 Å². The lowest BCUT2D eigenvalue weighted by atomic mass is 10.1. The van der Waals surface area contributed by atoms with Crippen LogP contribution in [0.4, 0.5) is 4.79 Å². The summed E-state index contributed by atoms with van der Waals surface area (Å²) >= 11 is 0.986. The first-order valence-electron chi connectivity index (χ1n) is 11.2. The molecule has 5 nitrogen and oxygen atoms in total. The largest absolute Gasteiger partial charge is 0.490 e. The molecule has 0 aliphatic carbocycles. The summed E-state index contributed by atoms with van der Waals surface area (Å²) in [6, 6.07) is 20.0. The molecule has 1 fully saturated rings. The van der Waals surface area contributed by atoms with E-state index >= 15 is 0 Å². The molecule has 0 aromatic heterocycles. The molecule has 0 bridgehead atoms. The van der Waals surface area contributed by atoms with Gasteiger partial charge in [0.2, 0.25) is 0 Å². The first-order valence-corrected chi connectivity index (χ1v) is 12.0. The van der Waals surface area contributed by atoms with Gasteiger partial charge in [-0.05, 0) is 65.2 Å². The summed E-state index contributed by atoms with van der Waals surface area (Å²) in [7, 11) is 0. The summed E-state index contributed by atoms with van der Waals surface area (Å²) in [6.07, 6.45) is 3.48. The first kappa shape index (κ1) is 22.9. The molecule has 6 heteroatoms. The van der Waals surface area contributed by atoms with Gasteiger partial charge in [-0.1, -0.05) is 61.9 Å². The van der Waals surface area contributed by atoms with Crippen LogP contribution in [0.25, 0.3) is 16.8 Å². The zero-order valence-corrected chi connectivity index (χ0v) is 19.7. The number of hydrogen-bond donors (Lipinski definition) is 0. The van der Waals surface area contributed by atoms with E-state index in [4.69, 9.17) is 9.47 Å². The number of rotatable bonds is 9. The average Bonchev–Trinajstić information content (AvgIpc) is 3.09. The summed E-state index contributed by atoms with van der Waals surface area (Å²) in [5.74, 6) is 1.02. The van der Waals surface area contributed by atoms with Crippen LogP contribution in [0.15, 0.2) is 65.6 Å². The lowest BCUT2D eigenvalue weighted by molar-refractivity contribution is -0.122. The fraction of sp³-hybridized carbons (Fsp3) is 0.259. The fourth-order valence-electron chi connectivity index (χ4n) is 3.74. The molecule has 2 amide bonds. The Hall–Kier alpha value is -3.25. The van der Waals surface area contributed by atoms with Gasteiger partial charge in [-0.25, -0.2) is 0 Å². The highest BCUT2D eigenvalue weighted by Gasteiger charge is 2.34. The van der Waals surface area contributed by atoms with Crippen LogP contribution in [0.2, 0.25) is 0 Å². The summed E-state index contributed by atoms with van der Waals surface area (Å²) in [5, 5.41) is 2.13. The number of hydrogen-bond acceptors (Lipinski definition) is 5. The highest BCUT2D eigenvalue weighted by atomic mass is 32.2. The minimum atomic E-state index is -0.229. The average molecular weight is 462 g/mol. The summed E-state index contributed by atoms with van der Waals surface area (Å²) in [4.78, 5) is 26.6. The molecule has 1 aliphatic rings. The molecule has 0 spiro atoms. The first-order chi connectivity index (χ1) is 16.1. The smallest absolute Gasteiger partial charge is 0.293 e. The maximum absolute atomic E-state index is 12.6. The molecule has 0 N–H and O–H groups in total. The van der Waals surface area contributed by atoms with Crippen LogP contribution < -0.4 is 9.47 Å². The number of ether oxygens (including phenoxy) is 2. The van der Waals surface area contributed by atoms with E-state index in [0.717, 1.165) is 41.1 Å². The molecule has 3 aromatic carbocycles. The molecule has 33 heavy (non-hydrogen) atoms. The van der Waals surface area contributed by atoms with Crippen LogP contribution >= 0.6 is 11.8 Å². The predicted molar refractivity (Wildman–Crippen MR) is 133 cm³/mol. The van der Waals surface area contributed by atoms with Gasteiger partial charge in [0.1, 0.15) is 6.61 Å². The van der Waals surface area contributed by atoms with E-state index < -0.39 is 0 Å². The molecule has 0 atom stereocenters. The van der Waals surface area contributed by atoms with Gasteiger partial charge in [0.15, 0.2) is 11.5 Å². The minimum Gasteiger partial charge on any atom is -0.490 e. The van der Waals surface area contributed by atoms with E-state index in [9.17, 15) is 9.59 Å². The normalized spacial score (nSPS) is 15.0. The van der Waals surface area contributed by atoms with Gasteiger partial charge < -0.3 is 9.47 Å². The maximum Gasteiger partial charge on any atom is 0.293 e. The van der Waals surface area contributed by atoms with Crippen LogP contribution in [0.1, 0.15) is 37.8 Å². The van der Waals surface area contributed by atoms with Crippen molar-refractivity contribution in [2.75, 3.05) is 13.2 Å². The topological polar surface area (TPSA) is 55.8 Å². The standard InChI is InChI=1S/C27H27NO4S/c1-3-5-15-28-26(29)25(33-27(28)30)17-19-13-14-23(24(16-19)31-4-2)32-18-21-11-8-10-20-9-6-7-12-22(20)21/h6-14,16-17H,3-5,15,18H2,1-2H3/b25-17-. The van der Waals surface area contributed by atoms with Crippen LogP contribution in [-0.2, 0) is 11.4 Å². The number of benzene rings is 3. The SMILES string of the molecule is CCCCN1C(=O)S/C(=C\c2ccc(OCc3cccc4ccccc34)c(OCC)c2)C1=O. The summed E-state index contributed by atoms with van der Waals surface area (Å²) < 4.78 is 11.9. The molecular weight excluding hydrogens is 434 g/mol. The van der Waals surface area contributed by atoms with Crippen LogP contribution in [-0.4, -0.2) is 29.2 Å². The highest BCUT2D eigenvalue weighted by molar-refractivity contribution is 8.18. The number of carbonyl (C=O) groups is 2. The molecule has 1 aliphatic heterocycles. The lowest BCUT2D eigenvalue weighted by Crippen LogP contribution is -2.29. The van der Waals surface area contributed by atoms with Gasteiger partial charge in [-0.15, -0.1) is 0 Å². The van der Waals surface area contributed by atoms with E-state index in [2.05, 4.69) is 24.3 Å². The van der Waals surface area contributed by atoms with E-state index in [0.29, 0.717) is 36.2 Å². The van der Waals surface area contributed by atoms with Gasteiger partial charge in [0, 0.05) is 6.54 Å². The van der Waals surface area contributed by atoms with Gasteiger partial charge in [-0.3, -0.25) is 14.5 Å². The van der Waals surface area contributed by atoms with Gasteiger partial charge in [0.05, 0.1) is 11.5 Å². The second-order valence-corrected chi connectivity index (χ2v) is 8.75. The van der Waals surface area contributed by atoms with E-state index in [1.54, 1.807) is 6.08 Å². The zero-order chi connectivity index (χ0) is 23.2. The summed E-state index contributed by atoms with van der Waals surface area (Å²) in [6.45, 7) is 5.32. The molecule has 1 heterocycles. The van der Waals surface area contributed by atoms with Crippen molar-refractivity contribution in [3.63, 3.8) is 0 Å². The highest BCUT2D eigenvalue weighted by Crippen LogP contribution is 2.35. The predicted octanol–water partition coefficient (Wildman–Crippen LogP) is 6.65. The molecule has 1 saturated heterocycles. The molecule has 3 aromatic rings. The Kier molecular flexibility index (Phi) is 7.35. The van der Waals surface area contributed by atoms with Crippen molar-refractivity contribution in [1.29, 1.82) is 0 Å². The van der Waals surface area contributed by atoms with Crippen LogP contribution in [0.5, 0.6) is 11.5 Å². The monoisotopic (exact) mass is 461 g/mol. The number of amides is 2. The Morgan fingerprint density at radius 1 is 0.939 bits per heavy atom. The van der Waals surface area contributed by atoms with E-state index in [-0.39, 0.29) is 11.1 Å². The Morgan fingerprint density at radius 3 is 2.58 bits per heavy atom. The molecule has 4 rings (SSSR count). The Labute approximate surface area is 198 Å². The fourth-order valence-corrected chi connectivity index (χ4v) is 4.60. The Bertz CT molecular complexity index is 1200. The maximum atomic E-state index is 12.6. The second-order valence-electron chi connectivity index (χ2n) is 7.75. The van der Waals surface area contributed by atoms with Crippen molar-refractivity contribution in [1.82, 2.24) is 4.90 Å². The van der Waals surface area contributed by atoms with Crippen molar-refractivity contribution < 1.29 is 19.1 Å². The number of imide groups is 1. The van der Waals surface area contributed by atoms with Crippen molar-refractivity contribution >= 4 is 39.8 Å². The molecular formula is C27H27NO4S. The van der Waals surface area contributed by atoms with Crippen LogP contribution in [0.3, 0.4) is 0 Å². The number of carbonyl (C=O) groups excluding carboxylic acids is 2. The molecule has 0 unspecified atom stereocenters. The lowest BCUT2D eigenvalue weighted by Gasteiger charge is -2.14. The van der Waals surface area contributed by atoms with Crippen molar-refractivity contribution in [3.05, 3.63) is 76.7 Å². The molecule has 0 radical (unpaired) electrons. The van der Waals surface area contributed by atoms with Crippen molar-refractivity contribution in [2.24, 2.45) is 0 Å². The third kappa shape index (κ3) is 5.22. The van der Waals surface area contributed by atoms with Gasteiger partial charge >= 0.3 is 0 Å². The molecule has 0 saturated carbocycles. The van der Waals surface area contributed by atoms with Gasteiger partial charge in [-0.2, -0.15) is 0 Å². The quantitative estimate of drug-likeness (QED) is 0.334. The molecule has 170 valence electrons. The third-order valence-electron chi connectivity index (χ3n) is 5.44. The van der Waals surface area contributed by atoms with E-state index in [1.165, 1.54) is 10.3 Å². The summed E-state index contributed by atoms with van der Waals surface area (Å²) in [5.41, 5.74) is 1.89.